The monoisotopic (exact) mass is 259 g/mol. The van der Waals surface area contributed by atoms with Gasteiger partial charge in [0.15, 0.2) is 0 Å². The molecule has 4 heteroatoms. The molecule has 108 valence electrons. The molecule has 0 unspecified atom stereocenters. The molecule has 0 atom stereocenters. The fraction of sp³-hybridized carbons (Fsp3) is 0.929. The van der Waals surface area contributed by atoms with Gasteiger partial charge < -0.3 is 15.2 Å². The minimum absolute atomic E-state index is 0.189. The molecule has 0 aliphatic heterocycles. The van der Waals surface area contributed by atoms with Crippen LogP contribution in [-0.4, -0.2) is 29.3 Å². The summed E-state index contributed by atoms with van der Waals surface area (Å²) in [6.07, 6.45) is 0.979. The average molecular weight is 259 g/mol. The first kappa shape index (κ1) is 17.4. The van der Waals surface area contributed by atoms with E-state index in [9.17, 15) is 4.79 Å². The number of carbonyl (C=O) groups is 1. The lowest BCUT2D eigenvalue weighted by Gasteiger charge is -2.30. The second-order valence-corrected chi connectivity index (χ2v) is 7.12. The highest BCUT2D eigenvalue weighted by Crippen LogP contribution is 2.20. The van der Waals surface area contributed by atoms with Crippen molar-refractivity contribution >= 4 is 5.97 Å². The smallest absolute Gasteiger partial charge is 0.306 e. The SMILES string of the molecule is CC(C)(N)COC(C)(C)CCC(=O)OC(C)(C)C. The third-order valence-electron chi connectivity index (χ3n) is 2.19. The van der Waals surface area contributed by atoms with Crippen molar-refractivity contribution < 1.29 is 14.3 Å². The molecule has 0 radical (unpaired) electrons. The van der Waals surface area contributed by atoms with Crippen LogP contribution < -0.4 is 5.73 Å². The van der Waals surface area contributed by atoms with Crippen LogP contribution in [0.25, 0.3) is 0 Å². The first-order valence-electron chi connectivity index (χ1n) is 6.45. The second-order valence-electron chi connectivity index (χ2n) is 7.12. The molecule has 0 aromatic carbocycles. The quantitative estimate of drug-likeness (QED) is 0.745. The Balaban J connectivity index is 4.07. The van der Waals surface area contributed by atoms with Crippen LogP contribution in [0, 0.1) is 0 Å². The molecular formula is C14H29NO3. The topological polar surface area (TPSA) is 61.5 Å². The maximum absolute atomic E-state index is 11.6. The Labute approximate surface area is 111 Å². The van der Waals surface area contributed by atoms with E-state index < -0.39 is 5.60 Å². The molecule has 2 N–H and O–H groups in total. The molecule has 4 nitrogen and oxygen atoms in total. The summed E-state index contributed by atoms with van der Waals surface area (Å²) in [5.74, 6) is -0.189. The van der Waals surface area contributed by atoms with Crippen LogP contribution in [0.4, 0.5) is 0 Å². The molecule has 0 fully saturated rings. The fourth-order valence-corrected chi connectivity index (χ4v) is 1.25. The highest BCUT2D eigenvalue weighted by Gasteiger charge is 2.25. The Morgan fingerprint density at radius 3 is 1.94 bits per heavy atom. The maximum atomic E-state index is 11.6. The van der Waals surface area contributed by atoms with Crippen molar-refractivity contribution in [2.75, 3.05) is 6.61 Å². The van der Waals surface area contributed by atoms with Crippen LogP contribution in [0.1, 0.15) is 61.3 Å². The van der Waals surface area contributed by atoms with Crippen molar-refractivity contribution in [1.82, 2.24) is 0 Å². The largest absolute Gasteiger partial charge is 0.460 e. The van der Waals surface area contributed by atoms with Gasteiger partial charge in [-0.1, -0.05) is 0 Å². The van der Waals surface area contributed by atoms with Crippen LogP contribution in [0.5, 0.6) is 0 Å². The summed E-state index contributed by atoms with van der Waals surface area (Å²) in [4.78, 5) is 11.6. The van der Waals surface area contributed by atoms with Gasteiger partial charge in [-0.3, -0.25) is 4.79 Å². The standard InChI is InChI=1S/C14H29NO3/c1-12(2,3)18-11(16)8-9-14(6,7)17-10-13(4,5)15/h8-10,15H2,1-7H3. The van der Waals surface area contributed by atoms with Crippen LogP contribution >= 0.6 is 0 Å². The lowest BCUT2D eigenvalue weighted by atomic mass is 10.0. The minimum Gasteiger partial charge on any atom is -0.460 e. The van der Waals surface area contributed by atoms with E-state index in [2.05, 4.69) is 0 Å². The zero-order valence-electron chi connectivity index (χ0n) is 12.9. The molecule has 0 aromatic rings. The molecule has 0 saturated heterocycles. The average Bonchev–Trinajstić information content (AvgIpc) is 2.08. The summed E-state index contributed by atoms with van der Waals surface area (Å²) in [7, 11) is 0. The molecule has 18 heavy (non-hydrogen) atoms. The highest BCUT2D eigenvalue weighted by molar-refractivity contribution is 5.69. The van der Waals surface area contributed by atoms with E-state index >= 15 is 0 Å². The molecule has 0 saturated carbocycles. The van der Waals surface area contributed by atoms with Gasteiger partial charge in [-0.05, 0) is 54.9 Å². The molecular weight excluding hydrogens is 230 g/mol. The summed E-state index contributed by atoms with van der Waals surface area (Å²) >= 11 is 0. The van der Waals surface area contributed by atoms with E-state index in [0.717, 1.165) is 0 Å². The number of hydrogen-bond donors (Lipinski definition) is 1. The molecule has 0 bridgehead atoms. The predicted molar refractivity (Wildman–Crippen MR) is 73.4 cm³/mol. The van der Waals surface area contributed by atoms with E-state index in [-0.39, 0.29) is 17.1 Å². The highest BCUT2D eigenvalue weighted by atomic mass is 16.6. The zero-order valence-corrected chi connectivity index (χ0v) is 12.9. The van der Waals surface area contributed by atoms with Crippen LogP contribution in [0.3, 0.4) is 0 Å². The first-order valence-corrected chi connectivity index (χ1v) is 6.45. The van der Waals surface area contributed by atoms with Gasteiger partial charge in [0.25, 0.3) is 0 Å². The van der Waals surface area contributed by atoms with Crippen molar-refractivity contribution in [3.63, 3.8) is 0 Å². The Kier molecular flexibility index (Phi) is 5.82. The summed E-state index contributed by atoms with van der Waals surface area (Å²) in [6.45, 7) is 13.8. The second kappa shape index (κ2) is 6.02. The third kappa shape index (κ3) is 10.5. The summed E-state index contributed by atoms with van der Waals surface area (Å²) < 4.78 is 11.0. The molecule has 0 aliphatic carbocycles. The number of esters is 1. The van der Waals surface area contributed by atoms with Crippen LogP contribution in [0.2, 0.25) is 0 Å². The van der Waals surface area contributed by atoms with Gasteiger partial charge in [0.05, 0.1) is 12.2 Å². The van der Waals surface area contributed by atoms with Crippen molar-refractivity contribution in [3.05, 3.63) is 0 Å². The van der Waals surface area contributed by atoms with Crippen molar-refractivity contribution in [3.8, 4) is 0 Å². The molecule has 0 aliphatic rings. The van der Waals surface area contributed by atoms with Gasteiger partial charge in [-0.15, -0.1) is 0 Å². The maximum Gasteiger partial charge on any atom is 0.306 e. The Bertz CT molecular complexity index is 272. The van der Waals surface area contributed by atoms with E-state index in [0.29, 0.717) is 19.4 Å². The van der Waals surface area contributed by atoms with Crippen molar-refractivity contribution in [2.24, 2.45) is 5.73 Å². The Morgan fingerprint density at radius 2 is 1.56 bits per heavy atom. The molecule has 0 heterocycles. The van der Waals surface area contributed by atoms with Gasteiger partial charge in [0, 0.05) is 12.0 Å². The van der Waals surface area contributed by atoms with Gasteiger partial charge in [0.1, 0.15) is 5.60 Å². The van der Waals surface area contributed by atoms with E-state index in [1.165, 1.54) is 0 Å². The number of hydrogen-bond acceptors (Lipinski definition) is 4. The normalized spacial score (nSPS) is 13.6. The van der Waals surface area contributed by atoms with Gasteiger partial charge in [-0.2, -0.15) is 0 Å². The molecule has 0 amide bonds. The molecule has 0 spiro atoms. The first-order chi connectivity index (χ1) is 7.81. The fourth-order valence-electron chi connectivity index (χ4n) is 1.25. The van der Waals surface area contributed by atoms with E-state index in [1.54, 1.807) is 0 Å². The lowest BCUT2D eigenvalue weighted by Crippen LogP contribution is -2.41. The summed E-state index contributed by atoms with van der Waals surface area (Å²) in [5.41, 5.74) is 4.71. The predicted octanol–water partition coefficient (Wildman–Crippen LogP) is 2.64. The number of ether oxygens (including phenoxy) is 2. The van der Waals surface area contributed by atoms with Gasteiger partial charge in [0.2, 0.25) is 0 Å². The lowest BCUT2D eigenvalue weighted by molar-refractivity contribution is -0.156. The van der Waals surface area contributed by atoms with Crippen molar-refractivity contribution in [1.29, 1.82) is 0 Å². The minimum atomic E-state index is -0.429. The van der Waals surface area contributed by atoms with E-state index in [4.69, 9.17) is 15.2 Å². The zero-order chi connectivity index (χ0) is 14.6. The van der Waals surface area contributed by atoms with E-state index in [1.807, 2.05) is 48.5 Å². The van der Waals surface area contributed by atoms with Gasteiger partial charge >= 0.3 is 5.97 Å². The summed E-state index contributed by atoms with van der Waals surface area (Å²) in [6, 6.07) is 0. The summed E-state index contributed by atoms with van der Waals surface area (Å²) in [5, 5.41) is 0. The van der Waals surface area contributed by atoms with Crippen LogP contribution in [0.15, 0.2) is 0 Å². The molecule has 0 rings (SSSR count). The van der Waals surface area contributed by atoms with Crippen LogP contribution in [-0.2, 0) is 14.3 Å². The van der Waals surface area contributed by atoms with Gasteiger partial charge in [-0.25, -0.2) is 0 Å². The number of carbonyl (C=O) groups excluding carboxylic acids is 1. The Morgan fingerprint density at radius 1 is 1.06 bits per heavy atom. The number of rotatable bonds is 6. The van der Waals surface area contributed by atoms with Crippen molar-refractivity contribution in [2.45, 2.75) is 78.0 Å². The molecule has 0 aromatic heterocycles. The number of nitrogens with two attached hydrogens (primary N) is 1. The third-order valence-corrected chi connectivity index (χ3v) is 2.19. The Hall–Kier alpha value is -0.610.